The molecule has 1 rings (SSSR count). The highest BCUT2D eigenvalue weighted by Crippen LogP contribution is 2.08. The lowest BCUT2D eigenvalue weighted by atomic mass is 10.1. The van der Waals surface area contributed by atoms with E-state index in [9.17, 15) is 0 Å². The van der Waals surface area contributed by atoms with Crippen LogP contribution in [0, 0.1) is 6.92 Å². The average Bonchev–Trinajstić information content (AvgIpc) is 2.09. The highest BCUT2D eigenvalue weighted by atomic mass is 35.5. The van der Waals surface area contributed by atoms with Gasteiger partial charge >= 0.3 is 0 Å². The third-order valence-electron chi connectivity index (χ3n) is 1.72. The molecule has 0 unspecified atom stereocenters. The average molecular weight is 183 g/mol. The molecular weight excluding hydrogens is 170 g/mol. The maximum absolute atomic E-state index is 5.70. The lowest BCUT2D eigenvalue weighted by molar-refractivity contribution is 0.733. The van der Waals surface area contributed by atoms with Crippen LogP contribution in [0.15, 0.2) is 18.3 Å². The number of hydrogen-bond donors (Lipinski definition) is 0. The van der Waals surface area contributed by atoms with E-state index in [0.29, 0.717) is 5.02 Å². The number of hydrogen-bond acceptors (Lipinski definition) is 1. The van der Waals surface area contributed by atoms with Crippen LogP contribution >= 0.6 is 11.6 Å². The van der Waals surface area contributed by atoms with Crippen molar-refractivity contribution in [2.75, 3.05) is 0 Å². The zero-order valence-corrected chi connectivity index (χ0v) is 7.85. The summed E-state index contributed by atoms with van der Waals surface area (Å²) in [5.41, 5.74) is 1.12. The summed E-state index contributed by atoms with van der Waals surface area (Å²) < 4.78 is 0. The van der Waals surface area contributed by atoms with Gasteiger partial charge in [-0.1, -0.05) is 31.4 Å². The van der Waals surface area contributed by atoms with Crippen LogP contribution < -0.4 is 0 Å². The van der Waals surface area contributed by atoms with E-state index in [1.54, 1.807) is 6.20 Å². The second kappa shape index (κ2) is 5.15. The quantitative estimate of drug-likeness (QED) is 0.652. The van der Waals surface area contributed by atoms with E-state index in [0.717, 1.165) is 25.0 Å². The Morgan fingerprint density at radius 1 is 1.33 bits per heavy atom. The molecule has 0 saturated carbocycles. The van der Waals surface area contributed by atoms with Gasteiger partial charge in [0.15, 0.2) is 0 Å². The fraction of sp³-hybridized carbons (Fsp3) is 0.400. The van der Waals surface area contributed by atoms with Gasteiger partial charge in [0, 0.05) is 11.9 Å². The van der Waals surface area contributed by atoms with Gasteiger partial charge in [-0.2, -0.15) is 0 Å². The van der Waals surface area contributed by atoms with Gasteiger partial charge in [0.2, 0.25) is 0 Å². The van der Waals surface area contributed by atoms with Crippen molar-refractivity contribution in [1.82, 2.24) is 4.98 Å². The molecule has 0 saturated heterocycles. The van der Waals surface area contributed by atoms with Crippen LogP contribution in [-0.4, -0.2) is 4.98 Å². The van der Waals surface area contributed by atoms with Crippen LogP contribution in [0.3, 0.4) is 0 Å². The Bertz CT molecular complexity index is 218. The Labute approximate surface area is 78.8 Å². The van der Waals surface area contributed by atoms with Gasteiger partial charge in [-0.25, -0.2) is 0 Å². The molecule has 0 aliphatic carbocycles. The summed E-state index contributed by atoms with van der Waals surface area (Å²) in [5.74, 6) is 0. The summed E-state index contributed by atoms with van der Waals surface area (Å²) in [4.78, 5) is 4.20. The van der Waals surface area contributed by atoms with Crippen LogP contribution in [0.2, 0.25) is 5.02 Å². The van der Waals surface area contributed by atoms with Crippen molar-refractivity contribution in [2.24, 2.45) is 0 Å². The molecule has 0 atom stereocenters. The maximum Gasteiger partial charge on any atom is 0.0589 e. The third-order valence-corrected chi connectivity index (χ3v) is 1.95. The summed E-state index contributed by atoms with van der Waals surface area (Å²) >= 11 is 5.70. The smallest absolute Gasteiger partial charge is 0.0589 e. The first-order valence-corrected chi connectivity index (χ1v) is 4.60. The van der Waals surface area contributed by atoms with E-state index in [1.807, 2.05) is 12.1 Å². The number of aromatic nitrogens is 1. The zero-order chi connectivity index (χ0) is 8.81. The van der Waals surface area contributed by atoms with Crippen molar-refractivity contribution in [1.29, 1.82) is 0 Å². The molecule has 65 valence electrons. The van der Waals surface area contributed by atoms with Gasteiger partial charge < -0.3 is 0 Å². The first-order chi connectivity index (χ1) is 5.83. The van der Waals surface area contributed by atoms with Crippen molar-refractivity contribution in [3.63, 3.8) is 0 Å². The SMILES string of the molecule is [CH2]CCCCc1ccc(Cl)cn1. The summed E-state index contributed by atoms with van der Waals surface area (Å²) in [6.07, 6.45) is 6.07. The predicted octanol–water partition coefficient (Wildman–Crippen LogP) is 3.28. The minimum absolute atomic E-state index is 0.705. The normalized spacial score (nSPS) is 10.2. The molecule has 2 heteroatoms. The van der Waals surface area contributed by atoms with Crippen LogP contribution in [0.4, 0.5) is 0 Å². The van der Waals surface area contributed by atoms with Crippen molar-refractivity contribution in [2.45, 2.75) is 25.7 Å². The van der Waals surface area contributed by atoms with Crippen LogP contribution in [0.1, 0.15) is 25.0 Å². The zero-order valence-electron chi connectivity index (χ0n) is 7.09. The standard InChI is InChI=1S/C10H13ClN/c1-2-3-4-5-10-7-6-9(11)8-12-10/h6-8H,1-5H2. The second-order valence-corrected chi connectivity index (χ2v) is 3.21. The number of pyridine rings is 1. The van der Waals surface area contributed by atoms with E-state index >= 15 is 0 Å². The first kappa shape index (κ1) is 9.53. The monoisotopic (exact) mass is 182 g/mol. The Morgan fingerprint density at radius 2 is 2.17 bits per heavy atom. The summed E-state index contributed by atoms with van der Waals surface area (Å²) in [7, 11) is 0. The van der Waals surface area contributed by atoms with Crippen molar-refractivity contribution in [3.05, 3.63) is 36.0 Å². The van der Waals surface area contributed by atoms with E-state index in [1.165, 1.54) is 6.42 Å². The highest BCUT2D eigenvalue weighted by molar-refractivity contribution is 6.30. The van der Waals surface area contributed by atoms with Crippen LogP contribution in [0.5, 0.6) is 0 Å². The predicted molar refractivity (Wildman–Crippen MR) is 52.2 cm³/mol. The lowest BCUT2D eigenvalue weighted by Crippen LogP contribution is -1.88. The third kappa shape index (κ3) is 3.22. The lowest BCUT2D eigenvalue weighted by Gasteiger charge is -1.98. The van der Waals surface area contributed by atoms with Gasteiger partial charge in [0.05, 0.1) is 5.02 Å². The van der Waals surface area contributed by atoms with E-state index in [2.05, 4.69) is 11.9 Å². The molecular formula is C10H13ClN. The first-order valence-electron chi connectivity index (χ1n) is 4.22. The fourth-order valence-corrected chi connectivity index (χ4v) is 1.15. The maximum atomic E-state index is 5.70. The van der Waals surface area contributed by atoms with Crippen molar-refractivity contribution < 1.29 is 0 Å². The van der Waals surface area contributed by atoms with Gasteiger partial charge in [-0.05, 0) is 25.0 Å². The van der Waals surface area contributed by atoms with E-state index in [4.69, 9.17) is 11.6 Å². The number of rotatable bonds is 4. The van der Waals surface area contributed by atoms with Gasteiger partial charge in [-0.15, -0.1) is 0 Å². The minimum atomic E-state index is 0.705. The molecule has 1 aromatic rings. The molecule has 0 spiro atoms. The molecule has 0 N–H and O–H groups in total. The van der Waals surface area contributed by atoms with Gasteiger partial charge in [-0.3, -0.25) is 4.98 Å². The molecule has 0 fully saturated rings. The molecule has 1 aromatic heterocycles. The Kier molecular flexibility index (Phi) is 4.09. The van der Waals surface area contributed by atoms with Crippen molar-refractivity contribution >= 4 is 11.6 Å². The van der Waals surface area contributed by atoms with E-state index < -0.39 is 0 Å². The number of halogens is 1. The summed E-state index contributed by atoms with van der Waals surface area (Å²) in [6.45, 7) is 3.79. The fourth-order valence-electron chi connectivity index (χ4n) is 1.04. The molecule has 1 nitrogen and oxygen atoms in total. The van der Waals surface area contributed by atoms with Gasteiger partial charge in [0.25, 0.3) is 0 Å². The topological polar surface area (TPSA) is 12.9 Å². The van der Waals surface area contributed by atoms with Crippen LogP contribution in [0.25, 0.3) is 0 Å². The molecule has 1 radical (unpaired) electrons. The molecule has 0 aromatic carbocycles. The van der Waals surface area contributed by atoms with Crippen molar-refractivity contribution in [3.8, 4) is 0 Å². The second-order valence-electron chi connectivity index (χ2n) is 2.78. The number of aryl methyl sites for hydroxylation is 1. The highest BCUT2D eigenvalue weighted by Gasteiger charge is 1.93. The molecule has 0 aliphatic rings. The largest absolute Gasteiger partial charge is 0.260 e. The number of nitrogens with zero attached hydrogens (tertiary/aromatic N) is 1. The minimum Gasteiger partial charge on any atom is -0.260 e. The number of unbranched alkanes of at least 4 members (excludes halogenated alkanes) is 2. The Balaban J connectivity index is 2.37. The summed E-state index contributed by atoms with van der Waals surface area (Å²) in [6, 6.07) is 3.86. The Morgan fingerprint density at radius 3 is 2.75 bits per heavy atom. The molecule has 0 bridgehead atoms. The van der Waals surface area contributed by atoms with Gasteiger partial charge in [0.1, 0.15) is 0 Å². The summed E-state index contributed by atoms with van der Waals surface area (Å²) in [5, 5.41) is 0.705. The van der Waals surface area contributed by atoms with E-state index in [-0.39, 0.29) is 0 Å². The molecule has 0 amide bonds. The van der Waals surface area contributed by atoms with Crippen LogP contribution in [-0.2, 0) is 6.42 Å². The molecule has 1 heterocycles. The molecule has 0 aliphatic heterocycles. The molecule has 12 heavy (non-hydrogen) atoms. The Hall–Kier alpha value is -0.560.